The van der Waals surface area contributed by atoms with E-state index < -0.39 is 17.6 Å². The van der Waals surface area contributed by atoms with Crippen molar-refractivity contribution in [2.24, 2.45) is 11.5 Å². The molecule has 9 N–H and O–H groups in total. The molecule has 1 aliphatic rings. The van der Waals surface area contributed by atoms with Gasteiger partial charge in [-0.1, -0.05) is 18.2 Å². The van der Waals surface area contributed by atoms with E-state index >= 15 is 0 Å². The number of hydrogen-bond acceptors (Lipinski definition) is 5. The lowest BCUT2D eigenvalue weighted by Crippen LogP contribution is -2.58. The first-order chi connectivity index (χ1) is 7.89. The van der Waals surface area contributed by atoms with Gasteiger partial charge in [0.2, 0.25) is 0 Å². The van der Waals surface area contributed by atoms with E-state index in [4.69, 9.17) is 22.9 Å². The predicted octanol–water partition coefficient (Wildman–Crippen LogP) is -0.556. The number of rotatable bonds is 1. The summed E-state index contributed by atoms with van der Waals surface area (Å²) in [6, 6.07) is 2.28. The summed E-state index contributed by atoms with van der Waals surface area (Å²) in [7, 11) is 0. The Morgan fingerprint density at radius 3 is 2.59 bits per heavy atom. The normalized spacial score (nSPS) is 26.6. The molecule has 0 saturated heterocycles. The molecule has 1 aromatic rings. The van der Waals surface area contributed by atoms with Crippen LogP contribution in [-0.4, -0.2) is 17.1 Å². The van der Waals surface area contributed by atoms with Gasteiger partial charge in [0, 0.05) is 5.56 Å². The number of nitrogens with two attached hydrogens (primary N) is 4. The summed E-state index contributed by atoms with van der Waals surface area (Å²) in [6.45, 7) is 0. The van der Waals surface area contributed by atoms with Crippen molar-refractivity contribution >= 4 is 23.4 Å². The van der Waals surface area contributed by atoms with Crippen LogP contribution in [0.5, 0.6) is 0 Å². The lowest BCUT2D eigenvalue weighted by Gasteiger charge is -2.34. The van der Waals surface area contributed by atoms with E-state index in [2.05, 4.69) is 0 Å². The zero-order valence-corrected chi connectivity index (χ0v) is 9.05. The summed E-state index contributed by atoms with van der Waals surface area (Å²) in [4.78, 5) is 11.3. The highest BCUT2D eigenvalue weighted by atomic mass is 16.4. The Morgan fingerprint density at radius 1 is 1.35 bits per heavy atom. The van der Waals surface area contributed by atoms with E-state index in [1.54, 1.807) is 12.1 Å². The minimum Gasteiger partial charge on any atom is -0.480 e. The lowest BCUT2D eigenvalue weighted by atomic mass is 9.77. The molecule has 0 amide bonds. The van der Waals surface area contributed by atoms with Gasteiger partial charge in [-0.2, -0.15) is 0 Å². The number of anilines is 2. The van der Waals surface area contributed by atoms with Crippen molar-refractivity contribution in [1.82, 2.24) is 0 Å². The fourth-order valence-electron chi connectivity index (χ4n) is 1.98. The van der Waals surface area contributed by atoms with E-state index in [9.17, 15) is 9.90 Å². The molecule has 17 heavy (non-hydrogen) atoms. The number of benzene rings is 1. The average molecular weight is 234 g/mol. The van der Waals surface area contributed by atoms with Crippen molar-refractivity contribution in [2.75, 3.05) is 11.5 Å². The van der Waals surface area contributed by atoms with Crippen LogP contribution in [0, 0.1) is 0 Å². The van der Waals surface area contributed by atoms with E-state index in [1.807, 2.05) is 0 Å². The standard InChI is InChI=1S/C11H14N4O2/c12-7-3-2-6-5(9(7)14)1-4-8(13)11(6,15)10(16)17/h1-4,8H,12-15H2,(H,16,17). The molecule has 0 heterocycles. The van der Waals surface area contributed by atoms with E-state index in [-0.39, 0.29) is 0 Å². The van der Waals surface area contributed by atoms with Crippen molar-refractivity contribution in [1.29, 1.82) is 0 Å². The smallest absolute Gasteiger partial charge is 0.330 e. The summed E-state index contributed by atoms with van der Waals surface area (Å²) in [6.07, 6.45) is 3.17. The van der Waals surface area contributed by atoms with Crippen LogP contribution < -0.4 is 22.9 Å². The van der Waals surface area contributed by atoms with Gasteiger partial charge in [0.25, 0.3) is 0 Å². The molecule has 0 radical (unpaired) electrons. The van der Waals surface area contributed by atoms with Gasteiger partial charge in [-0.05, 0) is 11.6 Å². The number of nitrogen functional groups attached to an aromatic ring is 2. The molecule has 1 aromatic carbocycles. The molecule has 2 rings (SSSR count). The monoisotopic (exact) mass is 234 g/mol. The minimum atomic E-state index is -1.67. The molecule has 0 saturated carbocycles. The Hall–Kier alpha value is -2.05. The number of carbonyl (C=O) groups is 1. The highest BCUT2D eigenvalue weighted by molar-refractivity contribution is 5.90. The second-order valence-corrected chi connectivity index (χ2v) is 4.09. The zero-order valence-electron chi connectivity index (χ0n) is 9.05. The van der Waals surface area contributed by atoms with Crippen LogP contribution in [0.2, 0.25) is 0 Å². The first-order valence-electron chi connectivity index (χ1n) is 5.03. The number of aliphatic carboxylic acids is 1. The van der Waals surface area contributed by atoms with Crippen LogP contribution in [0.1, 0.15) is 11.1 Å². The summed E-state index contributed by atoms with van der Waals surface area (Å²) in [5, 5.41) is 9.26. The van der Waals surface area contributed by atoms with E-state index in [0.717, 1.165) is 0 Å². The van der Waals surface area contributed by atoms with Gasteiger partial charge in [-0.3, -0.25) is 0 Å². The summed E-state index contributed by atoms with van der Waals surface area (Å²) < 4.78 is 0. The van der Waals surface area contributed by atoms with E-state index in [1.165, 1.54) is 12.1 Å². The fourth-order valence-corrected chi connectivity index (χ4v) is 1.98. The van der Waals surface area contributed by atoms with Crippen LogP contribution in [-0.2, 0) is 10.3 Å². The van der Waals surface area contributed by atoms with Gasteiger partial charge in [0.05, 0.1) is 17.4 Å². The topological polar surface area (TPSA) is 141 Å². The maximum absolute atomic E-state index is 11.3. The van der Waals surface area contributed by atoms with Crippen LogP contribution in [0.3, 0.4) is 0 Å². The average Bonchev–Trinajstić information content (AvgIpc) is 2.28. The molecule has 0 spiro atoms. The number of fused-ring (bicyclic) bond motifs is 1. The van der Waals surface area contributed by atoms with Crippen LogP contribution in [0.4, 0.5) is 11.4 Å². The quantitative estimate of drug-likeness (QED) is 0.412. The van der Waals surface area contributed by atoms with Gasteiger partial charge in [0.1, 0.15) is 0 Å². The number of carboxylic acids is 1. The van der Waals surface area contributed by atoms with Crippen molar-refractivity contribution in [2.45, 2.75) is 11.6 Å². The fraction of sp³-hybridized carbons (Fsp3) is 0.182. The van der Waals surface area contributed by atoms with Crippen LogP contribution in [0.25, 0.3) is 6.08 Å². The van der Waals surface area contributed by atoms with Gasteiger partial charge >= 0.3 is 5.97 Å². The van der Waals surface area contributed by atoms with E-state index in [0.29, 0.717) is 22.5 Å². The van der Waals surface area contributed by atoms with Gasteiger partial charge in [-0.15, -0.1) is 0 Å². The first kappa shape index (κ1) is 11.4. The van der Waals surface area contributed by atoms with Crippen molar-refractivity contribution in [3.63, 3.8) is 0 Å². The highest BCUT2D eigenvalue weighted by Gasteiger charge is 2.44. The third-order valence-corrected chi connectivity index (χ3v) is 3.12. The van der Waals surface area contributed by atoms with Crippen LogP contribution in [0.15, 0.2) is 18.2 Å². The molecule has 1 aliphatic carbocycles. The largest absolute Gasteiger partial charge is 0.480 e. The minimum absolute atomic E-state index is 0.321. The van der Waals surface area contributed by atoms with Gasteiger partial charge < -0.3 is 28.0 Å². The molecule has 0 fully saturated rings. The highest BCUT2D eigenvalue weighted by Crippen LogP contribution is 2.36. The summed E-state index contributed by atoms with van der Waals surface area (Å²) >= 11 is 0. The predicted molar refractivity (Wildman–Crippen MR) is 65.8 cm³/mol. The lowest BCUT2D eigenvalue weighted by molar-refractivity contribution is -0.144. The SMILES string of the molecule is Nc1ccc2c(c1N)C=CC(N)C2(N)C(=O)O. The Labute approximate surface area is 97.9 Å². The molecular formula is C11H14N4O2. The second kappa shape index (κ2) is 3.47. The maximum atomic E-state index is 11.3. The Balaban J connectivity index is 2.75. The molecule has 0 aliphatic heterocycles. The molecule has 0 aromatic heterocycles. The molecule has 6 nitrogen and oxygen atoms in total. The third-order valence-electron chi connectivity index (χ3n) is 3.12. The molecular weight excluding hydrogens is 220 g/mol. The van der Waals surface area contributed by atoms with Crippen molar-refractivity contribution in [3.05, 3.63) is 29.3 Å². The Morgan fingerprint density at radius 2 is 2.00 bits per heavy atom. The third kappa shape index (κ3) is 1.38. The summed E-state index contributed by atoms with van der Waals surface area (Å²) in [5.74, 6) is -1.19. The van der Waals surface area contributed by atoms with Crippen molar-refractivity contribution < 1.29 is 9.90 Å². The first-order valence-corrected chi connectivity index (χ1v) is 5.03. The summed E-state index contributed by atoms with van der Waals surface area (Å²) in [5.41, 5.74) is 23.1. The zero-order chi connectivity index (χ0) is 12.8. The Kier molecular flexibility index (Phi) is 2.34. The molecule has 6 heteroatoms. The molecule has 0 bridgehead atoms. The van der Waals surface area contributed by atoms with Gasteiger partial charge in [-0.25, -0.2) is 4.79 Å². The number of carboxylic acid groups (broad SMARTS) is 1. The molecule has 2 unspecified atom stereocenters. The van der Waals surface area contributed by atoms with Crippen LogP contribution >= 0.6 is 0 Å². The Bertz CT molecular complexity index is 526. The maximum Gasteiger partial charge on any atom is 0.330 e. The molecule has 90 valence electrons. The second-order valence-electron chi connectivity index (χ2n) is 4.09. The number of hydrogen-bond donors (Lipinski definition) is 5. The van der Waals surface area contributed by atoms with Crippen molar-refractivity contribution in [3.8, 4) is 0 Å². The van der Waals surface area contributed by atoms with Gasteiger partial charge in [0.15, 0.2) is 5.54 Å². The molecule has 2 atom stereocenters.